The summed E-state index contributed by atoms with van der Waals surface area (Å²) in [5.74, 6) is -0.126. The molecule has 1 amide bonds. The van der Waals surface area contributed by atoms with Crippen molar-refractivity contribution >= 4 is 28.3 Å². The van der Waals surface area contributed by atoms with Gasteiger partial charge in [-0.2, -0.15) is 0 Å². The minimum Gasteiger partial charge on any atom is -0.356 e. The number of nitrogens with zero attached hydrogens (tertiary/aromatic N) is 1. The summed E-state index contributed by atoms with van der Waals surface area (Å²) in [4.78, 5) is 17.0. The molecular formula is C18H31ClN4O3S. The second-order valence-electron chi connectivity index (χ2n) is 7.29. The lowest BCUT2D eigenvalue weighted by atomic mass is 10.1. The molecule has 0 atom stereocenters. The van der Waals surface area contributed by atoms with Crippen LogP contribution in [0.2, 0.25) is 0 Å². The Morgan fingerprint density at radius 2 is 1.74 bits per heavy atom. The second kappa shape index (κ2) is 10.5. The van der Waals surface area contributed by atoms with E-state index in [4.69, 9.17) is 0 Å². The van der Waals surface area contributed by atoms with Gasteiger partial charge < -0.3 is 15.2 Å². The Balaban J connectivity index is 0.00000261. The number of likely N-dealkylation sites (tertiary alicyclic amines) is 1. The van der Waals surface area contributed by atoms with Crippen molar-refractivity contribution < 1.29 is 13.2 Å². The normalized spacial score (nSPS) is 18.9. The summed E-state index contributed by atoms with van der Waals surface area (Å²) >= 11 is 0. The minimum absolute atomic E-state index is 0. The van der Waals surface area contributed by atoms with Crippen LogP contribution in [-0.2, 0) is 10.0 Å². The Morgan fingerprint density at radius 1 is 1.07 bits per heavy atom. The van der Waals surface area contributed by atoms with Gasteiger partial charge >= 0.3 is 0 Å². The zero-order valence-electron chi connectivity index (χ0n) is 15.7. The number of rotatable bonds is 7. The van der Waals surface area contributed by atoms with E-state index in [1.165, 1.54) is 50.8 Å². The molecule has 0 bridgehead atoms. The molecule has 1 aromatic rings. The molecule has 1 saturated heterocycles. The van der Waals surface area contributed by atoms with Crippen molar-refractivity contribution in [2.75, 3.05) is 26.2 Å². The molecule has 27 heavy (non-hydrogen) atoms. The summed E-state index contributed by atoms with van der Waals surface area (Å²) in [6.45, 7) is 2.45. The number of amides is 1. The molecule has 7 nitrogen and oxygen atoms in total. The van der Waals surface area contributed by atoms with E-state index in [-0.39, 0.29) is 23.2 Å². The first-order valence-corrected chi connectivity index (χ1v) is 11.3. The quantitative estimate of drug-likeness (QED) is 0.467. The van der Waals surface area contributed by atoms with Crippen LogP contribution in [-0.4, -0.2) is 56.4 Å². The van der Waals surface area contributed by atoms with Crippen LogP contribution in [0.3, 0.4) is 0 Å². The number of aromatic nitrogens is 1. The molecule has 3 rings (SSSR count). The van der Waals surface area contributed by atoms with E-state index in [0.717, 1.165) is 25.9 Å². The van der Waals surface area contributed by atoms with Crippen LogP contribution in [0.5, 0.6) is 0 Å². The van der Waals surface area contributed by atoms with E-state index >= 15 is 0 Å². The topological polar surface area (TPSA) is 94.3 Å². The summed E-state index contributed by atoms with van der Waals surface area (Å²) in [6, 6.07) is 1.93. The maximum Gasteiger partial charge on any atom is 0.270 e. The number of aromatic amines is 1. The smallest absolute Gasteiger partial charge is 0.270 e. The van der Waals surface area contributed by atoms with Crippen LogP contribution in [0.4, 0.5) is 0 Å². The highest BCUT2D eigenvalue weighted by molar-refractivity contribution is 7.89. The van der Waals surface area contributed by atoms with Gasteiger partial charge in [0.2, 0.25) is 10.0 Å². The second-order valence-corrected chi connectivity index (χ2v) is 9.06. The standard InChI is InChI=1S/C18H30N4O3S.ClH/c23-18(22-11-5-6-12-22)17-13-16(14-20-17)26(24,25)21-10-9-19-15-7-3-1-2-4-8-15;/h13-15,19-21H,1-12H2;1H. The lowest BCUT2D eigenvalue weighted by molar-refractivity contribution is 0.0787. The Morgan fingerprint density at radius 3 is 2.41 bits per heavy atom. The van der Waals surface area contributed by atoms with Gasteiger partial charge in [0.25, 0.3) is 5.91 Å². The van der Waals surface area contributed by atoms with E-state index in [0.29, 0.717) is 24.8 Å². The molecule has 0 aromatic carbocycles. The maximum absolute atomic E-state index is 12.4. The summed E-state index contributed by atoms with van der Waals surface area (Å²) in [5, 5.41) is 3.45. The Hall–Kier alpha value is -1.09. The van der Waals surface area contributed by atoms with Gasteiger partial charge in [0, 0.05) is 38.4 Å². The molecule has 1 aromatic heterocycles. The van der Waals surface area contributed by atoms with Gasteiger partial charge in [-0.1, -0.05) is 25.7 Å². The van der Waals surface area contributed by atoms with Crippen molar-refractivity contribution in [1.82, 2.24) is 19.9 Å². The fourth-order valence-corrected chi connectivity index (χ4v) is 4.80. The predicted octanol–water partition coefficient (Wildman–Crippen LogP) is 2.26. The summed E-state index contributed by atoms with van der Waals surface area (Å²) in [6.07, 6.45) is 10.9. The number of H-pyrrole nitrogens is 1. The average molecular weight is 419 g/mol. The lowest BCUT2D eigenvalue weighted by Crippen LogP contribution is -2.36. The molecule has 0 radical (unpaired) electrons. The largest absolute Gasteiger partial charge is 0.356 e. The summed E-state index contributed by atoms with van der Waals surface area (Å²) in [5.41, 5.74) is 0.337. The highest BCUT2D eigenvalue weighted by Crippen LogP contribution is 2.17. The van der Waals surface area contributed by atoms with E-state index in [1.807, 2.05) is 0 Å². The van der Waals surface area contributed by atoms with Crippen LogP contribution < -0.4 is 10.0 Å². The number of hydrogen-bond donors (Lipinski definition) is 3. The number of carbonyl (C=O) groups excluding carboxylic acids is 1. The molecule has 0 spiro atoms. The monoisotopic (exact) mass is 418 g/mol. The molecule has 2 fully saturated rings. The molecule has 9 heteroatoms. The number of carbonyl (C=O) groups is 1. The van der Waals surface area contributed by atoms with E-state index in [2.05, 4.69) is 15.0 Å². The SMILES string of the molecule is Cl.O=C(c1cc(S(=O)(=O)NCCNC2CCCCCC2)c[nH]1)N1CCCC1. The van der Waals surface area contributed by atoms with Crippen molar-refractivity contribution in [2.45, 2.75) is 62.3 Å². The number of nitrogens with one attached hydrogen (secondary N) is 3. The number of halogens is 1. The number of sulfonamides is 1. The van der Waals surface area contributed by atoms with Crippen LogP contribution in [0, 0.1) is 0 Å². The van der Waals surface area contributed by atoms with Crippen molar-refractivity contribution in [1.29, 1.82) is 0 Å². The number of hydrogen-bond acceptors (Lipinski definition) is 4. The van der Waals surface area contributed by atoms with E-state index < -0.39 is 10.0 Å². The molecule has 0 unspecified atom stereocenters. The van der Waals surface area contributed by atoms with Gasteiger partial charge in [0.1, 0.15) is 10.6 Å². The first kappa shape index (κ1) is 22.2. The zero-order chi connectivity index (χ0) is 18.4. The average Bonchev–Trinajstić information content (AvgIpc) is 3.27. The highest BCUT2D eigenvalue weighted by Gasteiger charge is 2.23. The molecule has 154 valence electrons. The minimum atomic E-state index is -3.60. The van der Waals surface area contributed by atoms with Gasteiger partial charge in [-0.3, -0.25) is 4.79 Å². The van der Waals surface area contributed by atoms with Gasteiger partial charge in [-0.15, -0.1) is 12.4 Å². The van der Waals surface area contributed by atoms with Crippen LogP contribution in [0.25, 0.3) is 0 Å². The van der Waals surface area contributed by atoms with Gasteiger partial charge in [-0.05, 0) is 31.7 Å². The molecule has 1 aliphatic carbocycles. The lowest BCUT2D eigenvalue weighted by Gasteiger charge is -2.16. The fourth-order valence-electron chi connectivity index (χ4n) is 3.77. The van der Waals surface area contributed by atoms with E-state index in [9.17, 15) is 13.2 Å². The third-order valence-corrected chi connectivity index (χ3v) is 6.74. The first-order valence-electron chi connectivity index (χ1n) is 9.77. The molecule has 1 aliphatic heterocycles. The molecule has 1 saturated carbocycles. The summed E-state index contributed by atoms with van der Waals surface area (Å²) < 4.78 is 27.4. The predicted molar refractivity (Wildman–Crippen MR) is 108 cm³/mol. The zero-order valence-corrected chi connectivity index (χ0v) is 17.3. The molecule has 2 heterocycles. The van der Waals surface area contributed by atoms with Gasteiger partial charge in [0.15, 0.2) is 0 Å². The van der Waals surface area contributed by atoms with Crippen LogP contribution in [0.15, 0.2) is 17.2 Å². The van der Waals surface area contributed by atoms with E-state index in [1.54, 1.807) is 4.90 Å². The molecule has 3 N–H and O–H groups in total. The van der Waals surface area contributed by atoms with Crippen LogP contribution >= 0.6 is 12.4 Å². The van der Waals surface area contributed by atoms with Crippen molar-refractivity contribution in [3.8, 4) is 0 Å². The van der Waals surface area contributed by atoms with Crippen molar-refractivity contribution in [3.63, 3.8) is 0 Å². The Bertz CT molecular complexity index is 693. The van der Waals surface area contributed by atoms with Gasteiger partial charge in [0.05, 0.1) is 0 Å². The third-order valence-electron chi connectivity index (χ3n) is 5.30. The first-order chi connectivity index (χ1) is 12.6. The van der Waals surface area contributed by atoms with Crippen molar-refractivity contribution in [3.05, 3.63) is 18.0 Å². The fraction of sp³-hybridized carbons (Fsp3) is 0.722. The highest BCUT2D eigenvalue weighted by atomic mass is 35.5. The Labute approximate surface area is 168 Å². The van der Waals surface area contributed by atoms with Gasteiger partial charge in [-0.25, -0.2) is 13.1 Å². The molecule has 2 aliphatic rings. The maximum atomic E-state index is 12.4. The summed E-state index contributed by atoms with van der Waals surface area (Å²) in [7, 11) is -3.60. The molecular weight excluding hydrogens is 388 g/mol. The van der Waals surface area contributed by atoms with Crippen molar-refractivity contribution in [2.24, 2.45) is 0 Å². The third kappa shape index (κ3) is 6.20. The van der Waals surface area contributed by atoms with Crippen LogP contribution in [0.1, 0.15) is 61.9 Å². The Kier molecular flexibility index (Phi) is 8.60.